The van der Waals surface area contributed by atoms with Crippen molar-refractivity contribution in [2.24, 2.45) is 0 Å². The molecule has 6 nitrogen and oxygen atoms in total. The summed E-state index contributed by atoms with van der Waals surface area (Å²) in [5.41, 5.74) is 2.51. The Bertz CT molecular complexity index is 954. The average molecular weight is 427 g/mol. The molecule has 0 radical (unpaired) electrons. The number of amides is 2. The van der Waals surface area contributed by atoms with E-state index >= 15 is 0 Å². The maximum absolute atomic E-state index is 12.2. The molecule has 0 atom stereocenters. The monoisotopic (exact) mass is 427 g/mol. The van der Waals surface area contributed by atoms with Crippen LogP contribution in [0.5, 0.6) is 11.5 Å². The molecule has 0 bridgehead atoms. The van der Waals surface area contributed by atoms with Gasteiger partial charge in [0.25, 0.3) is 6.43 Å². The van der Waals surface area contributed by atoms with Gasteiger partial charge in [-0.05, 0) is 47.5 Å². The first-order valence-electron chi connectivity index (χ1n) is 9.72. The summed E-state index contributed by atoms with van der Waals surface area (Å²) in [5, 5.41) is 5.50. The molecule has 2 aromatic carbocycles. The number of hydrogen-bond acceptors (Lipinski definition) is 4. The molecular weight excluding hydrogens is 404 g/mol. The third-order valence-electron chi connectivity index (χ3n) is 4.22. The van der Waals surface area contributed by atoms with E-state index < -0.39 is 13.0 Å². The second-order valence-corrected chi connectivity index (χ2v) is 6.64. The van der Waals surface area contributed by atoms with Gasteiger partial charge in [-0.25, -0.2) is 13.6 Å². The fourth-order valence-electron chi connectivity index (χ4n) is 2.68. The predicted octanol–water partition coefficient (Wildman–Crippen LogP) is 4.30. The third kappa shape index (κ3) is 7.93. The quantitative estimate of drug-likeness (QED) is 0.506. The number of alkyl halides is 2. The first-order valence-corrected chi connectivity index (χ1v) is 9.72. The maximum atomic E-state index is 12.2. The van der Waals surface area contributed by atoms with Gasteiger partial charge in [0, 0.05) is 19.3 Å². The minimum atomic E-state index is -2.53. The molecule has 31 heavy (non-hydrogen) atoms. The van der Waals surface area contributed by atoms with E-state index in [9.17, 15) is 13.6 Å². The summed E-state index contributed by atoms with van der Waals surface area (Å²) in [6.07, 6.45) is -0.815. The Kier molecular flexibility index (Phi) is 8.16. The number of urea groups is 1. The van der Waals surface area contributed by atoms with Crippen molar-refractivity contribution in [2.45, 2.75) is 26.1 Å². The van der Waals surface area contributed by atoms with E-state index in [2.05, 4.69) is 15.6 Å². The normalized spacial score (nSPS) is 10.5. The largest absolute Gasteiger partial charge is 0.488 e. The highest BCUT2D eigenvalue weighted by molar-refractivity contribution is 5.73. The Balaban J connectivity index is 1.39. The highest BCUT2D eigenvalue weighted by atomic mass is 19.3. The van der Waals surface area contributed by atoms with Crippen LogP contribution in [0.25, 0.3) is 0 Å². The van der Waals surface area contributed by atoms with Gasteiger partial charge in [-0.15, -0.1) is 0 Å². The van der Waals surface area contributed by atoms with Crippen molar-refractivity contribution >= 4 is 6.03 Å². The Morgan fingerprint density at radius 2 is 1.65 bits per heavy atom. The van der Waals surface area contributed by atoms with Crippen molar-refractivity contribution in [3.05, 3.63) is 89.7 Å². The number of rotatable bonds is 10. The third-order valence-corrected chi connectivity index (χ3v) is 4.22. The summed E-state index contributed by atoms with van der Waals surface area (Å²) < 4.78 is 35.1. The van der Waals surface area contributed by atoms with Crippen LogP contribution in [0.1, 0.15) is 16.8 Å². The number of ether oxygens (including phenoxy) is 2. The maximum Gasteiger partial charge on any atom is 0.315 e. The molecule has 0 aliphatic rings. The fraction of sp³-hybridized carbons (Fsp3) is 0.217. The van der Waals surface area contributed by atoms with E-state index in [1.165, 1.54) is 0 Å². The van der Waals surface area contributed by atoms with Crippen LogP contribution in [0.3, 0.4) is 0 Å². The van der Waals surface area contributed by atoms with Crippen molar-refractivity contribution in [1.82, 2.24) is 15.6 Å². The smallest absolute Gasteiger partial charge is 0.315 e. The lowest BCUT2D eigenvalue weighted by Crippen LogP contribution is -2.34. The van der Waals surface area contributed by atoms with E-state index in [1.807, 2.05) is 42.5 Å². The zero-order valence-corrected chi connectivity index (χ0v) is 16.8. The second-order valence-electron chi connectivity index (χ2n) is 6.64. The van der Waals surface area contributed by atoms with Crippen LogP contribution in [0.15, 0.2) is 72.9 Å². The van der Waals surface area contributed by atoms with E-state index in [4.69, 9.17) is 9.47 Å². The summed E-state index contributed by atoms with van der Waals surface area (Å²) in [6, 6.07) is 19.4. The Morgan fingerprint density at radius 3 is 2.35 bits per heavy atom. The highest BCUT2D eigenvalue weighted by Crippen LogP contribution is 2.15. The molecule has 2 amide bonds. The van der Waals surface area contributed by atoms with E-state index in [0.29, 0.717) is 24.7 Å². The Labute approximate surface area is 179 Å². The van der Waals surface area contributed by atoms with Gasteiger partial charge in [-0.2, -0.15) is 0 Å². The minimum absolute atomic E-state index is 0.248. The zero-order valence-electron chi connectivity index (χ0n) is 16.8. The van der Waals surface area contributed by atoms with Gasteiger partial charge >= 0.3 is 6.03 Å². The molecule has 3 aromatic rings. The van der Waals surface area contributed by atoms with Gasteiger partial charge in [0.05, 0.1) is 5.69 Å². The van der Waals surface area contributed by atoms with Crippen LogP contribution < -0.4 is 20.1 Å². The summed E-state index contributed by atoms with van der Waals surface area (Å²) in [6.45, 7) is 0.321. The molecule has 0 unspecified atom stereocenters. The first-order chi connectivity index (χ1) is 15.1. The SMILES string of the molecule is O=C(NCc1ccc(OCc2ccccn2)cc1)NCc1cccc(OCC(F)F)c1. The van der Waals surface area contributed by atoms with Crippen molar-refractivity contribution in [3.63, 3.8) is 0 Å². The van der Waals surface area contributed by atoms with Crippen LogP contribution in [-0.4, -0.2) is 24.0 Å². The zero-order chi connectivity index (χ0) is 21.9. The molecule has 0 saturated carbocycles. The molecule has 0 aliphatic heterocycles. The lowest BCUT2D eigenvalue weighted by atomic mass is 10.2. The van der Waals surface area contributed by atoms with E-state index in [1.54, 1.807) is 30.5 Å². The molecule has 162 valence electrons. The number of carbonyl (C=O) groups excluding carboxylic acids is 1. The van der Waals surface area contributed by atoms with Crippen molar-refractivity contribution < 1.29 is 23.0 Å². The van der Waals surface area contributed by atoms with Crippen LogP contribution in [0, 0.1) is 0 Å². The molecule has 2 N–H and O–H groups in total. The summed E-state index contributed by atoms with van der Waals surface area (Å²) in [7, 11) is 0. The van der Waals surface area contributed by atoms with Gasteiger partial charge in [-0.3, -0.25) is 4.98 Å². The van der Waals surface area contributed by atoms with E-state index in [-0.39, 0.29) is 12.6 Å². The summed E-state index contributed by atoms with van der Waals surface area (Å²) >= 11 is 0. The van der Waals surface area contributed by atoms with Gasteiger partial charge in [0.2, 0.25) is 0 Å². The predicted molar refractivity (Wildman–Crippen MR) is 112 cm³/mol. The molecule has 0 fully saturated rings. The fourth-order valence-corrected chi connectivity index (χ4v) is 2.68. The van der Waals surface area contributed by atoms with Crippen LogP contribution >= 0.6 is 0 Å². The van der Waals surface area contributed by atoms with Crippen molar-refractivity contribution in [2.75, 3.05) is 6.61 Å². The number of aromatic nitrogens is 1. The number of halogens is 2. The molecule has 8 heteroatoms. The topological polar surface area (TPSA) is 72.5 Å². The van der Waals surface area contributed by atoms with Crippen molar-refractivity contribution in [1.29, 1.82) is 0 Å². The molecule has 1 aromatic heterocycles. The second kappa shape index (κ2) is 11.5. The number of carbonyl (C=O) groups is 1. The number of hydrogen-bond donors (Lipinski definition) is 2. The van der Waals surface area contributed by atoms with E-state index in [0.717, 1.165) is 16.8 Å². The van der Waals surface area contributed by atoms with Gasteiger partial charge < -0.3 is 20.1 Å². The van der Waals surface area contributed by atoms with Crippen molar-refractivity contribution in [3.8, 4) is 11.5 Å². The highest BCUT2D eigenvalue weighted by Gasteiger charge is 2.05. The number of nitrogens with zero attached hydrogens (tertiary/aromatic N) is 1. The minimum Gasteiger partial charge on any atom is -0.488 e. The van der Waals surface area contributed by atoms with Gasteiger partial charge in [-0.1, -0.05) is 30.3 Å². The number of pyridine rings is 1. The molecule has 0 spiro atoms. The average Bonchev–Trinajstić information content (AvgIpc) is 2.80. The molecular formula is C23H23F2N3O3. The summed E-state index contributed by atoms with van der Waals surface area (Å²) in [5.74, 6) is 1.05. The summed E-state index contributed by atoms with van der Waals surface area (Å²) in [4.78, 5) is 16.2. The molecule has 3 rings (SSSR count). The Hall–Kier alpha value is -3.68. The molecule has 0 aliphatic carbocycles. The van der Waals surface area contributed by atoms with Crippen LogP contribution in [0.2, 0.25) is 0 Å². The molecule has 0 saturated heterocycles. The lowest BCUT2D eigenvalue weighted by Gasteiger charge is -2.10. The van der Waals surface area contributed by atoms with Crippen LogP contribution in [0.4, 0.5) is 13.6 Å². The molecule has 1 heterocycles. The van der Waals surface area contributed by atoms with Gasteiger partial charge in [0.1, 0.15) is 24.7 Å². The van der Waals surface area contributed by atoms with Gasteiger partial charge in [0.15, 0.2) is 0 Å². The number of benzene rings is 2. The lowest BCUT2D eigenvalue weighted by molar-refractivity contribution is 0.0818. The standard InChI is InChI=1S/C23H23F2N3O3/c24-22(25)16-31-21-6-3-4-18(12-21)14-28-23(29)27-13-17-7-9-20(10-8-17)30-15-19-5-1-2-11-26-19/h1-12,22H,13-16H2,(H2,27,28,29). The van der Waals surface area contributed by atoms with Crippen LogP contribution in [-0.2, 0) is 19.7 Å². The number of nitrogens with one attached hydrogen (secondary N) is 2. The first kappa shape index (κ1) is 22.0. The Morgan fingerprint density at radius 1 is 0.871 bits per heavy atom.